The average Bonchev–Trinajstić information content (AvgIpc) is 2.97. The first-order valence-electron chi connectivity index (χ1n) is 7.40. The third kappa shape index (κ3) is 2.77. The number of carbonyl (C=O) groups excluding carboxylic acids is 1. The standard InChI is InChI=1S/C18H19NO2/c1-2-17(21-15-9-4-3-5-10-15)18(20)19-13-12-14-8-6-7-11-16(14)19/h3-11,17H,2,12-13H2,1H3/t17-/m0/s1. The smallest absolute Gasteiger partial charge is 0.268 e. The van der Waals surface area contributed by atoms with Crippen LogP contribution in [0.3, 0.4) is 0 Å². The Morgan fingerprint density at radius 1 is 1.14 bits per heavy atom. The van der Waals surface area contributed by atoms with Crippen molar-refractivity contribution in [1.29, 1.82) is 0 Å². The van der Waals surface area contributed by atoms with Crippen LogP contribution in [0.1, 0.15) is 18.9 Å². The molecule has 0 aromatic heterocycles. The molecule has 3 rings (SSSR count). The first-order chi connectivity index (χ1) is 10.3. The van der Waals surface area contributed by atoms with Crippen LogP contribution in [0.4, 0.5) is 5.69 Å². The molecule has 0 unspecified atom stereocenters. The number of rotatable bonds is 4. The van der Waals surface area contributed by atoms with Crippen LogP contribution in [-0.4, -0.2) is 18.6 Å². The number of fused-ring (bicyclic) bond motifs is 1. The lowest BCUT2D eigenvalue weighted by molar-refractivity contribution is -0.125. The van der Waals surface area contributed by atoms with Gasteiger partial charge in [-0.3, -0.25) is 4.79 Å². The van der Waals surface area contributed by atoms with Gasteiger partial charge in [0.15, 0.2) is 6.10 Å². The molecule has 0 aliphatic carbocycles. The summed E-state index contributed by atoms with van der Waals surface area (Å²) in [5, 5.41) is 0. The van der Waals surface area contributed by atoms with Crippen molar-refractivity contribution >= 4 is 11.6 Å². The summed E-state index contributed by atoms with van der Waals surface area (Å²) in [7, 11) is 0. The normalized spacial score (nSPS) is 14.6. The van der Waals surface area contributed by atoms with Gasteiger partial charge in [0.1, 0.15) is 5.75 Å². The minimum Gasteiger partial charge on any atom is -0.481 e. The molecule has 0 bridgehead atoms. The highest BCUT2D eigenvalue weighted by atomic mass is 16.5. The molecule has 3 heteroatoms. The van der Waals surface area contributed by atoms with Crippen molar-refractivity contribution in [3.63, 3.8) is 0 Å². The molecule has 0 radical (unpaired) electrons. The number of amides is 1. The lowest BCUT2D eigenvalue weighted by atomic mass is 10.2. The van der Waals surface area contributed by atoms with Gasteiger partial charge in [0.25, 0.3) is 5.91 Å². The maximum atomic E-state index is 12.7. The fourth-order valence-corrected chi connectivity index (χ4v) is 2.71. The molecular formula is C18H19NO2. The molecule has 0 fully saturated rings. The van der Waals surface area contributed by atoms with E-state index >= 15 is 0 Å². The van der Waals surface area contributed by atoms with Crippen LogP contribution in [0, 0.1) is 0 Å². The van der Waals surface area contributed by atoms with Gasteiger partial charge in [-0.05, 0) is 36.6 Å². The number of hydrogen-bond donors (Lipinski definition) is 0. The van der Waals surface area contributed by atoms with Gasteiger partial charge in [-0.25, -0.2) is 0 Å². The van der Waals surface area contributed by atoms with E-state index in [-0.39, 0.29) is 5.91 Å². The summed E-state index contributed by atoms with van der Waals surface area (Å²) >= 11 is 0. The number of benzene rings is 2. The zero-order valence-electron chi connectivity index (χ0n) is 12.2. The zero-order valence-corrected chi connectivity index (χ0v) is 12.2. The molecule has 1 atom stereocenters. The highest BCUT2D eigenvalue weighted by Gasteiger charge is 2.30. The number of ether oxygens (including phenoxy) is 1. The van der Waals surface area contributed by atoms with Gasteiger partial charge in [-0.2, -0.15) is 0 Å². The average molecular weight is 281 g/mol. The van der Waals surface area contributed by atoms with Crippen molar-refractivity contribution in [1.82, 2.24) is 0 Å². The van der Waals surface area contributed by atoms with Gasteiger partial charge in [-0.1, -0.05) is 43.3 Å². The number of nitrogens with zero attached hydrogens (tertiary/aromatic N) is 1. The van der Waals surface area contributed by atoms with Crippen LogP contribution in [0.25, 0.3) is 0 Å². The second-order valence-electron chi connectivity index (χ2n) is 5.20. The number of carbonyl (C=O) groups is 1. The summed E-state index contributed by atoms with van der Waals surface area (Å²) in [5.41, 5.74) is 2.26. The van der Waals surface area contributed by atoms with Gasteiger partial charge >= 0.3 is 0 Å². The predicted octanol–water partition coefficient (Wildman–Crippen LogP) is 3.43. The van der Waals surface area contributed by atoms with Crippen LogP contribution >= 0.6 is 0 Å². The van der Waals surface area contributed by atoms with Crippen molar-refractivity contribution in [3.8, 4) is 5.75 Å². The topological polar surface area (TPSA) is 29.5 Å². The van der Waals surface area contributed by atoms with E-state index in [4.69, 9.17) is 4.74 Å². The van der Waals surface area contributed by atoms with Crippen LogP contribution in [0.2, 0.25) is 0 Å². The Kier molecular flexibility index (Phi) is 3.91. The monoisotopic (exact) mass is 281 g/mol. The summed E-state index contributed by atoms with van der Waals surface area (Å²) < 4.78 is 5.86. The third-order valence-corrected chi connectivity index (χ3v) is 3.82. The molecule has 21 heavy (non-hydrogen) atoms. The summed E-state index contributed by atoms with van der Waals surface area (Å²) in [6, 6.07) is 17.6. The fraction of sp³-hybridized carbons (Fsp3) is 0.278. The molecule has 0 saturated carbocycles. The third-order valence-electron chi connectivity index (χ3n) is 3.82. The Labute approximate surface area is 125 Å². The molecule has 0 N–H and O–H groups in total. The molecule has 0 saturated heterocycles. The first kappa shape index (κ1) is 13.7. The lowest BCUT2D eigenvalue weighted by Gasteiger charge is -2.24. The van der Waals surface area contributed by atoms with Crippen molar-refractivity contribution in [2.45, 2.75) is 25.9 Å². The van der Waals surface area contributed by atoms with Crippen molar-refractivity contribution in [3.05, 3.63) is 60.2 Å². The van der Waals surface area contributed by atoms with E-state index in [1.54, 1.807) is 0 Å². The van der Waals surface area contributed by atoms with E-state index in [2.05, 4.69) is 6.07 Å². The van der Waals surface area contributed by atoms with E-state index in [0.29, 0.717) is 6.42 Å². The van der Waals surface area contributed by atoms with Gasteiger partial charge in [0, 0.05) is 12.2 Å². The second kappa shape index (κ2) is 6.00. The molecule has 1 aliphatic heterocycles. The minimum atomic E-state index is -0.432. The maximum absolute atomic E-state index is 12.7. The molecule has 3 nitrogen and oxygen atoms in total. The van der Waals surface area contributed by atoms with Crippen molar-refractivity contribution in [2.24, 2.45) is 0 Å². The summed E-state index contributed by atoms with van der Waals surface area (Å²) in [4.78, 5) is 14.6. The van der Waals surface area contributed by atoms with Crippen LogP contribution < -0.4 is 9.64 Å². The van der Waals surface area contributed by atoms with Crippen LogP contribution in [-0.2, 0) is 11.2 Å². The highest BCUT2D eigenvalue weighted by Crippen LogP contribution is 2.28. The largest absolute Gasteiger partial charge is 0.481 e. The molecule has 1 aliphatic rings. The van der Waals surface area contributed by atoms with Gasteiger partial charge in [0.05, 0.1) is 0 Å². The van der Waals surface area contributed by atoms with Crippen molar-refractivity contribution in [2.75, 3.05) is 11.4 Å². The summed E-state index contributed by atoms with van der Waals surface area (Å²) in [6.45, 7) is 2.72. The van der Waals surface area contributed by atoms with E-state index in [9.17, 15) is 4.79 Å². The van der Waals surface area contributed by atoms with E-state index in [1.807, 2.05) is 60.4 Å². The van der Waals surface area contributed by atoms with Gasteiger partial charge in [-0.15, -0.1) is 0 Å². The molecule has 108 valence electrons. The van der Waals surface area contributed by atoms with Crippen molar-refractivity contribution < 1.29 is 9.53 Å². The van der Waals surface area contributed by atoms with Crippen LogP contribution in [0.15, 0.2) is 54.6 Å². The molecule has 0 spiro atoms. The minimum absolute atomic E-state index is 0.0475. The Bertz CT molecular complexity index is 624. The Balaban J connectivity index is 1.78. The molecule has 2 aromatic rings. The van der Waals surface area contributed by atoms with E-state index < -0.39 is 6.10 Å². The summed E-state index contributed by atoms with van der Waals surface area (Å²) in [6.07, 6.45) is 1.15. The highest BCUT2D eigenvalue weighted by molar-refractivity contribution is 5.98. The molecular weight excluding hydrogens is 262 g/mol. The van der Waals surface area contributed by atoms with E-state index in [0.717, 1.165) is 24.4 Å². The second-order valence-corrected chi connectivity index (χ2v) is 5.20. The Morgan fingerprint density at radius 2 is 1.86 bits per heavy atom. The maximum Gasteiger partial charge on any atom is 0.268 e. The number of anilines is 1. The first-order valence-corrected chi connectivity index (χ1v) is 7.40. The quantitative estimate of drug-likeness (QED) is 0.859. The van der Waals surface area contributed by atoms with Gasteiger partial charge in [0.2, 0.25) is 0 Å². The number of para-hydroxylation sites is 2. The Morgan fingerprint density at radius 3 is 2.62 bits per heavy atom. The van der Waals surface area contributed by atoms with E-state index in [1.165, 1.54) is 5.56 Å². The fourth-order valence-electron chi connectivity index (χ4n) is 2.71. The zero-order chi connectivity index (χ0) is 14.7. The lowest BCUT2D eigenvalue weighted by Crippen LogP contribution is -2.41. The predicted molar refractivity (Wildman–Crippen MR) is 83.6 cm³/mol. The molecule has 2 aromatic carbocycles. The summed E-state index contributed by atoms with van der Waals surface area (Å²) in [5.74, 6) is 0.788. The number of hydrogen-bond acceptors (Lipinski definition) is 2. The SMILES string of the molecule is CC[C@H](Oc1ccccc1)C(=O)N1CCc2ccccc21. The molecule has 1 heterocycles. The van der Waals surface area contributed by atoms with Gasteiger partial charge < -0.3 is 9.64 Å². The molecule has 1 amide bonds. The van der Waals surface area contributed by atoms with Crippen LogP contribution in [0.5, 0.6) is 5.75 Å². The Hall–Kier alpha value is -2.29.